The Morgan fingerprint density at radius 1 is 0.960 bits per heavy atom. The fraction of sp³-hybridized carbons (Fsp3) is 0.273. The second kappa shape index (κ2) is 7.85. The Hall–Kier alpha value is -2.10. The molecule has 0 bridgehead atoms. The predicted molar refractivity (Wildman–Crippen MR) is 105 cm³/mol. The first-order chi connectivity index (χ1) is 12.4. The van der Waals surface area contributed by atoms with Crippen LogP contribution in [0.3, 0.4) is 0 Å². The normalized spacial score (nSPS) is 18.2. The SMILES string of the molecule is c1ccc(C(c2ccc(OCC3CCCN3)cc2)c2cccs2)cc1. The van der Waals surface area contributed by atoms with Crippen molar-refractivity contribution in [2.24, 2.45) is 0 Å². The maximum absolute atomic E-state index is 5.96. The Balaban J connectivity index is 1.53. The smallest absolute Gasteiger partial charge is 0.119 e. The summed E-state index contributed by atoms with van der Waals surface area (Å²) >= 11 is 1.81. The number of nitrogens with one attached hydrogen (secondary N) is 1. The van der Waals surface area contributed by atoms with Crippen molar-refractivity contribution in [1.82, 2.24) is 5.32 Å². The van der Waals surface area contributed by atoms with E-state index in [1.807, 2.05) is 11.3 Å². The van der Waals surface area contributed by atoms with Gasteiger partial charge in [-0.15, -0.1) is 11.3 Å². The van der Waals surface area contributed by atoms with E-state index < -0.39 is 0 Å². The van der Waals surface area contributed by atoms with Gasteiger partial charge in [-0.1, -0.05) is 48.5 Å². The van der Waals surface area contributed by atoms with Gasteiger partial charge in [0.1, 0.15) is 12.4 Å². The van der Waals surface area contributed by atoms with Crippen LogP contribution < -0.4 is 10.1 Å². The zero-order chi connectivity index (χ0) is 16.9. The van der Waals surface area contributed by atoms with Crippen LogP contribution in [0.5, 0.6) is 5.75 Å². The lowest BCUT2D eigenvalue weighted by Crippen LogP contribution is -2.28. The topological polar surface area (TPSA) is 21.3 Å². The molecule has 1 fully saturated rings. The summed E-state index contributed by atoms with van der Waals surface area (Å²) in [4.78, 5) is 1.37. The van der Waals surface area contributed by atoms with Crippen molar-refractivity contribution in [2.75, 3.05) is 13.2 Å². The van der Waals surface area contributed by atoms with E-state index >= 15 is 0 Å². The second-order valence-electron chi connectivity index (χ2n) is 6.53. The Kier molecular flexibility index (Phi) is 5.14. The van der Waals surface area contributed by atoms with E-state index in [0.29, 0.717) is 6.04 Å². The van der Waals surface area contributed by atoms with Gasteiger partial charge in [-0.3, -0.25) is 0 Å². The van der Waals surface area contributed by atoms with Gasteiger partial charge in [-0.2, -0.15) is 0 Å². The fourth-order valence-corrected chi connectivity index (χ4v) is 4.35. The molecule has 0 amide bonds. The van der Waals surface area contributed by atoms with Crippen molar-refractivity contribution in [1.29, 1.82) is 0 Å². The van der Waals surface area contributed by atoms with Crippen LogP contribution >= 0.6 is 11.3 Å². The van der Waals surface area contributed by atoms with Gasteiger partial charge in [0.05, 0.1) is 0 Å². The molecule has 2 unspecified atom stereocenters. The molecule has 2 nitrogen and oxygen atoms in total. The third-order valence-electron chi connectivity index (χ3n) is 4.79. The van der Waals surface area contributed by atoms with Crippen molar-refractivity contribution < 1.29 is 4.74 Å². The molecular weight excluding hydrogens is 326 g/mol. The summed E-state index contributed by atoms with van der Waals surface area (Å²) in [6, 6.07) is 24.2. The van der Waals surface area contributed by atoms with Crippen molar-refractivity contribution in [3.8, 4) is 5.75 Å². The highest BCUT2D eigenvalue weighted by Crippen LogP contribution is 2.35. The van der Waals surface area contributed by atoms with E-state index in [4.69, 9.17) is 4.74 Å². The first kappa shape index (κ1) is 16.4. The highest BCUT2D eigenvalue weighted by atomic mass is 32.1. The van der Waals surface area contributed by atoms with Crippen LogP contribution in [0.1, 0.15) is 34.8 Å². The summed E-state index contributed by atoms with van der Waals surface area (Å²) in [6.07, 6.45) is 2.47. The Bertz CT molecular complexity index is 762. The van der Waals surface area contributed by atoms with Crippen LogP contribution in [0, 0.1) is 0 Å². The highest BCUT2D eigenvalue weighted by molar-refractivity contribution is 7.10. The maximum Gasteiger partial charge on any atom is 0.119 e. The van der Waals surface area contributed by atoms with Crippen LogP contribution in [0.25, 0.3) is 0 Å². The van der Waals surface area contributed by atoms with Crippen LogP contribution in [0.2, 0.25) is 0 Å². The van der Waals surface area contributed by atoms with Crippen LogP contribution in [0.4, 0.5) is 0 Å². The van der Waals surface area contributed by atoms with Gasteiger partial charge in [0.15, 0.2) is 0 Å². The molecular formula is C22H23NOS. The summed E-state index contributed by atoms with van der Waals surface area (Å²) in [5.74, 6) is 1.24. The average molecular weight is 349 g/mol. The quantitative estimate of drug-likeness (QED) is 0.672. The lowest BCUT2D eigenvalue weighted by Gasteiger charge is -2.18. The maximum atomic E-state index is 5.96. The molecule has 3 heteroatoms. The molecule has 0 radical (unpaired) electrons. The van der Waals surface area contributed by atoms with Gasteiger partial charge < -0.3 is 10.1 Å². The van der Waals surface area contributed by atoms with Gasteiger partial charge >= 0.3 is 0 Å². The summed E-state index contributed by atoms with van der Waals surface area (Å²) < 4.78 is 5.96. The molecule has 0 spiro atoms. The van der Waals surface area contributed by atoms with Crippen molar-refractivity contribution in [3.63, 3.8) is 0 Å². The molecule has 2 atom stereocenters. The molecule has 1 aromatic heterocycles. The molecule has 1 saturated heterocycles. The lowest BCUT2D eigenvalue weighted by molar-refractivity contribution is 0.277. The average Bonchev–Trinajstić information content (AvgIpc) is 3.36. The van der Waals surface area contributed by atoms with Crippen LogP contribution in [-0.2, 0) is 0 Å². The third-order valence-corrected chi connectivity index (χ3v) is 5.72. The molecule has 4 rings (SSSR count). The van der Waals surface area contributed by atoms with Gasteiger partial charge in [0, 0.05) is 16.8 Å². The number of ether oxygens (including phenoxy) is 1. The minimum absolute atomic E-state index is 0.284. The minimum Gasteiger partial charge on any atom is -0.492 e. The fourth-order valence-electron chi connectivity index (χ4n) is 3.47. The molecule has 0 saturated carbocycles. The van der Waals surface area contributed by atoms with E-state index in [2.05, 4.69) is 77.4 Å². The molecule has 2 aromatic carbocycles. The van der Waals surface area contributed by atoms with Crippen molar-refractivity contribution >= 4 is 11.3 Å². The van der Waals surface area contributed by atoms with Crippen molar-refractivity contribution in [3.05, 3.63) is 88.1 Å². The molecule has 1 aliphatic heterocycles. The molecule has 3 aromatic rings. The molecule has 0 aliphatic carbocycles. The lowest BCUT2D eigenvalue weighted by atomic mass is 9.90. The Morgan fingerprint density at radius 3 is 2.44 bits per heavy atom. The number of rotatable bonds is 6. The van der Waals surface area contributed by atoms with Crippen LogP contribution in [-0.4, -0.2) is 19.2 Å². The van der Waals surface area contributed by atoms with Gasteiger partial charge in [0.2, 0.25) is 0 Å². The number of benzene rings is 2. The van der Waals surface area contributed by atoms with Crippen LogP contribution in [0.15, 0.2) is 72.1 Å². The Morgan fingerprint density at radius 2 is 1.76 bits per heavy atom. The van der Waals surface area contributed by atoms with E-state index in [0.717, 1.165) is 18.9 Å². The van der Waals surface area contributed by atoms with E-state index in [1.165, 1.54) is 28.8 Å². The number of hydrogen-bond donors (Lipinski definition) is 1. The minimum atomic E-state index is 0.284. The molecule has 128 valence electrons. The number of hydrogen-bond acceptors (Lipinski definition) is 3. The Labute approximate surface area is 153 Å². The highest BCUT2D eigenvalue weighted by Gasteiger charge is 2.18. The van der Waals surface area contributed by atoms with Gasteiger partial charge in [-0.25, -0.2) is 0 Å². The standard InChI is InChI=1S/C22H23NOS/c1-2-6-17(7-3-1)22(21-9-5-15-25-21)18-10-12-20(13-11-18)24-16-19-8-4-14-23-19/h1-3,5-7,9-13,15,19,22-23H,4,8,14,16H2. The molecule has 1 N–H and O–H groups in total. The van der Waals surface area contributed by atoms with Gasteiger partial charge in [0.25, 0.3) is 0 Å². The largest absolute Gasteiger partial charge is 0.492 e. The summed E-state index contributed by atoms with van der Waals surface area (Å²) in [6.45, 7) is 1.87. The predicted octanol–water partition coefficient (Wildman–Crippen LogP) is 5.06. The first-order valence-corrected chi connectivity index (χ1v) is 9.82. The van der Waals surface area contributed by atoms with Gasteiger partial charge in [-0.05, 0) is 54.1 Å². The molecule has 1 aliphatic rings. The molecule has 2 heterocycles. The van der Waals surface area contributed by atoms with E-state index in [1.54, 1.807) is 0 Å². The zero-order valence-corrected chi connectivity index (χ0v) is 15.0. The number of thiophene rings is 1. The molecule has 25 heavy (non-hydrogen) atoms. The van der Waals surface area contributed by atoms with E-state index in [-0.39, 0.29) is 5.92 Å². The van der Waals surface area contributed by atoms with Crippen molar-refractivity contribution in [2.45, 2.75) is 24.8 Å². The summed E-state index contributed by atoms with van der Waals surface area (Å²) in [5, 5.41) is 5.62. The second-order valence-corrected chi connectivity index (χ2v) is 7.51. The third kappa shape index (κ3) is 3.94. The van der Waals surface area contributed by atoms with E-state index in [9.17, 15) is 0 Å². The first-order valence-electron chi connectivity index (χ1n) is 8.94. The summed E-state index contributed by atoms with van der Waals surface area (Å²) in [5.41, 5.74) is 2.63. The monoisotopic (exact) mass is 349 g/mol. The zero-order valence-electron chi connectivity index (χ0n) is 14.2. The summed E-state index contributed by atoms with van der Waals surface area (Å²) in [7, 11) is 0.